The van der Waals surface area contributed by atoms with Crippen LogP contribution < -0.4 is 10.1 Å². The molecule has 5 heteroatoms. The third-order valence-electron chi connectivity index (χ3n) is 5.27. The van der Waals surface area contributed by atoms with Gasteiger partial charge in [-0.1, -0.05) is 24.3 Å². The third kappa shape index (κ3) is 4.51. The number of benzene rings is 2. The van der Waals surface area contributed by atoms with Gasteiger partial charge in [0.15, 0.2) is 0 Å². The van der Waals surface area contributed by atoms with E-state index in [1.165, 1.54) is 0 Å². The van der Waals surface area contributed by atoms with Crippen molar-refractivity contribution in [2.24, 2.45) is 0 Å². The van der Waals surface area contributed by atoms with E-state index in [2.05, 4.69) is 5.32 Å². The van der Waals surface area contributed by atoms with Crippen LogP contribution in [0.3, 0.4) is 0 Å². The predicted octanol–water partition coefficient (Wildman–Crippen LogP) is 3.94. The molecule has 0 unspecified atom stereocenters. The highest BCUT2D eigenvalue weighted by Crippen LogP contribution is 2.30. The number of fused-ring (bicyclic) bond motifs is 1. The number of nitrogens with one attached hydrogen (secondary N) is 1. The minimum absolute atomic E-state index is 0.0171. The largest absolute Gasteiger partial charge is 0.497 e. The van der Waals surface area contributed by atoms with Gasteiger partial charge in [0.2, 0.25) is 0 Å². The summed E-state index contributed by atoms with van der Waals surface area (Å²) in [5.41, 5.74) is 0.968. The number of carbonyl (C=O) groups is 1. The van der Waals surface area contributed by atoms with Crippen molar-refractivity contribution in [3.05, 3.63) is 42.0 Å². The highest BCUT2D eigenvalue weighted by Gasteiger charge is 2.28. The second-order valence-corrected chi connectivity index (χ2v) is 8.03. The van der Waals surface area contributed by atoms with Crippen molar-refractivity contribution in [1.82, 2.24) is 5.32 Å². The van der Waals surface area contributed by atoms with E-state index < -0.39 is 0 Å². The Morgan fingerprint density at radius 3 is 2.62 bits per heavy atom. The van der Waals surface area contributed by atoms with Gasteiger partial charge < -0.3 is 14.8 Å². The number of thiol groups is 1. The summed E-state index contributed by atoms with van der Waals surface area (Å²) < 4.78 is 10.8. The van der Waals surface area contributed by atoms with Crippen LogP contribution in [-0.4, -0.2) is 37.5 Å². The smallest absolute Gasteiger partial charge is 0.313 e. The zero-order valence-electron chi connectivity index (χ0n) is 15.5. The molecule has 1 heterocycles. The van der Waals surface area contributed by atoms with Crippen LogP contribution in [0.15, 0.2) is 36.4 Å². The topological polar surface area (TPSA) is 47.6 Å². The van der Waals surface area contributed by atoms with Crippen LogP contribution in [0.4, 0.5) is 0 Å². The van der Waals surface area contributed by atoms with Gasteiger partial charge in [-0.3, -0.25) is 4.79 Å². The number of piperidine rings is 1. The molecule has 1 saturated heterocycles. The molecule has 1 N–H and O–H groups in total. The standard InChI is InChI=1S/C21H27NO3S/c1-15(20(23)25-12-9-21(26)7-10-22-11-8-21)16-3-4-18-14-19(24-2)6-5-17(18)13-16/h3-6,13-15,22,26H,7-12H2,1-2H3/t15-/m0/s1. The molecule has 2 aromatic carbocycles. The SMILES string of the molecule is COc1ccc2cc([C@H](C)C(=O)OCCC3(S)CCNCC3)ccc2c1. The van der Waals surface area contributed by atoms with Crippen molar-refractivity contribution < 1.29 is 14.3 Å². The number of ether oxygens (including phenoxy) is 2. The Balaban J connectivity index is 1.60. The Morgan fingerprint density at radius 1 is 1.19 bits per heavy atom. The van der Waals surface area contributed by atoms with Gasteiger partial charge in [0.1, 0.15) is 5.75 Å². The molecular formula is C21H27NO3S. The predicted molar refractivity (Wildman–Crippen MR) is 108 cm³/mol. The molecule has 3 rings (SSSR count). The minimum Gasteiger partial charge on any atom is -0.497 e. The molecule has 0 bridgehead atoms. The molecule has 2 aromatic rings. The number of esters is 1. The van der Waals surface area contributed by atoms with Gasteiger partial charge in [0.25, 0.3) is 0 Å². The summed E-state index contributed by atoms with van der Waals surface area (Å²) in [6, 6.07) is 12.0. The number of rotatable bonds is 6. The second kappa shape index (κ2) is 8.31. The van der Waals surface area contributed by atoms with Crippen LogP contribution in [0.5, 0.6) is 5.75 Å². The normalized spacial score (nSPS) is 17.7. The van der Waals surface area contributed by atoms with Crippen molar-refractivity contribution in [2.75, 3.05) is 26.8 Å². The summed E-state index contributed by atoms with van der Waals surface area (Å²) in [6.07, 6.45) is 2.82. The zero-order chi connectivity index (χ0) is 18.6. The van der Waals surface area contributed by atoms with E-state index in [1.807, 2.05) is 43.3 Å². The molecule has 1 atom stereocenters. The summed E-state index contributed by atoms with van der Waals surface area (Å²) in [5.74, 6) is 0.366. The van der Waals surface area contributed by atoms with E-state index in [1.54, 1.807) is 7.11 Å². The summed E-state index contributed by atoms with van der Waals surface area (Å²) in [6.45, 7) is 4.29. The maximum absolute atomic E-state index is 12.4. The fourth-order valence-corrected chi connectivity index (χ4v) is 3.70. The zero-order valence-corrected chi connectivity index (χ0v) is 16.4. The Hall–Kier alpha value is -1.72. The average Bonchev–Trinajstić information content (AvgIpc) is 2.66. The van der Waals surface area contributed by atoms with Crippen LogP contribution in [-0.2, 0) is 9.53 Å². The molecule has 1 aliphatic rings. The van der Waals surface area contributed by atoms with E-state index in [-0.39, 0.29) is 16.6 Å². The molecule has 1 fully saturated rings. The monoisotopic (exact) mass is 373 g/mol. The molecule has 1 aliphatic heterocycles. The van der Waals surface area contributed by atoms with Crippen molar-refractivity contribution in [3.63, 3.8) is 0 Å². The fraction of sp³-hybridized carbons (Fsp3) is 0.476. The maximum Gasteiger partial charge on any atom is 0.313 e. The molecule has 0 spiro atoms. The van der Waals surface area contributed by atoms with E-state index in [0.717, 1.165) is 54.4 Å². The van der Waals surface area contributed by atoms with Gasteiger partial charge >= 0.3 is 5.97 Å². The van der Waals surface area contributed by atoms with Gasteiger partial charge in [-0.05, 0) is 67.7 Å². The van der Waals surface area contributed by atoms with Gasteiger partial charge in [-0.2, -0.15) is 12.6 Å². The quantitative estimate of drug-likeness (QED) is 0.595. The van der Waals surface area contributed by atoms with Crippen molar-refractivity contribution in [2.45, 2.75) is 36.9 Å². The summed E-state index contributed by atoms with van der Waals surface area (Å²) in [4.78, 5) is 12.4. The number of carbonyl (C=O) groups excluding carboxylic acids is 1. The van der Waals surface area contributed by atoms with Crippen molar-refractivity contribution >= 4 is 29.4 Å². The van der Waals surface area contributed by atoms with Crippen LogP contribution in [0, 0.1) is 0 Å². The Labute approximate surface area is 160 Å². The van der Waals surface area contributed by atoms with Gasteiger partial charge in [-0.25, -0.2) is 0 Å². The number of methoxy groups -OCH3 is 1. The lowest BCUT2D eigenvalue weighted by atomic mass is 9.93. The number of hydrogen-bond acceptors (Lipinski definition) is 5. The molecule has 0 aliphatic carbocycles. The van der Waals surface area contributed by atoms with Gasteiger partial charge in [0, 0.05) is 4.75 Å². The Bertz CT molecular complexity index is 771. The van der Waals surface area contributed by atoms with Crippen LogP contribution in [0.25, 0.3) is 10.8 Å². The Morgan fingerprint density at radius 2 is 1.88 bits per heavy atom. The molecular weight excluding hydrogens is 346 g/mol. The first-order chi connectivity index (χ1) is 12.5. The third-order valence-corrected chi connectivity index (χ3v) is 5.94. The van der Waals surface area contributed by atoms with E-state index in [9.17, 15) is 4.79 Å². The first kappa shape index (κ1) is 19.1. The maximum atomic E-state index is 12.4. The molecule has 0 amide bonds. The van der Waals surface area contributed by atoms with Crippen LogP contribution in [0.2, 0.25) is 0 Å². The summed E-state index contributed by atoms with van der Waals surface area (Å²) in [7, 11) is 1.66. The molecule has 0 aromatic heterocycles. The summed E-state index contributed by atoms with van der Waals surface area (Å²) >= 11 is 4.79. The molecule has 140 valence electrons. The highest BCUT2D eigenvalue weighted by atomic mass is 32.1. The lowest BCUT2D eigenvalue weighted by molar-refractivity contribution is -0.145. The molecule has 0 saturated carbocycles. The lowest BCUT2D eigenvalue weighted by Gasteiger charge is -2.32. The number of hydrogen-bond donors (Lipinski definition) is 2. The molecule has 26 heavy (non-hydrogen) atoms. The fourth-order valence-electron chi connectivity index (χ4n) is 3.38. The van der Waals surface area contributed by atoms with E-state index in [4.69, 9.17) is 22.1 Å². The lowest BCUT2D eigenvalue weighted by Crippen LogP contribution is -2.38. The van der Waals surface area contributed by atoms with Gasteiger partial charge in [0.05, 0.1) is 19.6 Å². The first-order valence-corrected chi connectivity index (χ1v) is 9.63. The van der Waals surface area contributed by atoms with Crippen molar-refractivity contribution in [1.29, 1.82) is 0 Å². The summed E-state index contributed by atoms with van der Waals surface area (Å²) in [5, 5.41) is 5.52. The first-order valence-electron chi connectivity index (χ1n) is 9.18. The second-order valence-electron chi connectivity index (χ2n) is 7.09. The van der Waals surface area contributed by atoms with Crippen LogP contribution in [0.1, 0.15) is 37.7 Å². The molecule has 4 nitrogen and oxygen atoms in total. The molecule has 0 radical (unpaired) electrons. The Kier molecular flexibility index (Phi) is 6.09. The minimum atomic E-state index is -0.287. The van der Waals surface area contributed by atoms with E-state index >= 15 is 0 Å². The van der Waals surface area contributed by atoms with Crippen molar-refractivity contribution in [3.8, 4) is 5.75 Å². The highest BCUT2D eigenvalue weighted by molar-refractivity contribution is 7.81. The average molecular weight is 374 g/mol. The van der Waals surface area contributed by atoms with E-state index in [0.29, 0.717) is 6.61 Å². The van der Waals surface area contributed by atoms with Crippen LogP contribution >= 0.6 is 12.6 Å². The van der Waals surface area contributed by atoms with Gasteiger partial charge in [-0.15, -0.1) is 0 Å².